The Hall–Kier alpha value is -2.22. The first-order valence-corrected chi connectivity index (χ1v) is 10.9. The van der Waals surface area contributed by atoms with Crippen molar-refractivity contribution in [2.24, 2.45) is 0 Å². The standard InChI is InChI=1S/C21H27N3O3S/c1-22-20(25)17-8-10-19(11-9-17)28(26,27)23-16-21(12-14-24(2)15-13-21)18-6-4-3-5-7-18/h3-11,23H,12-16H2,1-2H3,(H,22,25). The lowest BCUT2D eigenvalue weighted by atomic mass is 9.73. The molecule has 3 rings (SSSR count). The molecule has 150 valence electrons. The van der Waals surface area contributed by atoms with Gasteiger partial charge in [0.25, 0.3) is 5.91 Å². The first-order valence-electron chi connectivity index (χ1n) is 9.42. The number of sulfonamides is 1. The second-order valence-corrected chi connectivity index (χ2v) is 9.14. The van der Waals surface area contributed by atoms with Gasteiger partial charge in [-0.15, -0.1) is 0 Å². The van der Waals surface area contributed by atoms with Crippen LogP contribution >= 0.6 is 0 Å². The Morgan fingerprint density at radius 1 is 1.04 bits per heavy atom. The van der Waals surface area contributed by atoms with Gasteiger partial charge >= 0.3 is 0 Å². The molecule has 0 aromatic heterocycles. The Kier molecular flexibility index (Phi) is 6.17. The smallest absolute Gasteiger partial charge is 0.251 e. The average molecular weight is 402 g/mol. The van der Waals surface area contributed by atoms with Crippen LogP contribution in [0.2, 0.25) is 0 Å². The van der Waals surface area contributed by atoms with E-state index in [9.17, 15) is 13.2 Å². The minimum atomic E-state index is -3.66. The molecule has 2 aromatic carbocycles. The molecule has 7 heteroatoms. The van der Waals surface area contributed by atoms with Crippen molar-refractivity contribution in [2.75, 3.05) is 33.7 Å². The van der Waals surface area contributed by atoms with Gasteiger partial charge in [0.15, 0.2) is 0 Å². The molecule has 2 N–H and O–H groups in total. The number of amides is 1. The van der Waals surface area contributed by atoms with E-state index in [2.05, 4.69) is 34.1 Å². The van der Waals surface area contributed by atoms with Crippen LogP contribution < -0.4 is 10.0 Å². The number of nitrogens with one attached hydrogen (secondary N) is 2. The van der Waals surface area contributed by atoms with Gasteiger partial charge in [-0.1, -0.05) is 30.3 Å². The molecule has 0 spiro atoms. The zero-order valence-corrected chi connectivity index (χ0v) is 17.1. The molecule has 0 atom stereocenters. The summed E-state index contributed by atoms with van der Waals surface area (Å²) < 4.78 is 28.5. The van der Waals surface area contributed by atoms with Gasteiger partial charge in [-0.3, -0.25) is 4.79 Å². The summed E-state index contributed by atoms with van der Waals surface area (Å²) in [7, 11) is -0.0326. The van der Waals surface area contributed by atoms with E-state index in [-0.39, 0.29) is 16.2 Å². The van der Waals surface area contributed by atoms with Crippen molar-refractivity contribution in [3.63, 3.8) is 0 Å². The van der Waals surface area contributed by atoms with Gasteiger partial charge in [0, 0.05) is 24.6 Å². The lowest BCUT2D eigenvalue weighted by molar-refractivity contribution is 0.0963. The van der Waals surface area contributed by atoms with Gasteiger partial charge in [0.1, 0.15) is 0 Å². The van der Waals surface area contributed by atoms with Crippen LogP contribution in [0.1, 0.15) is 28.8 Å². The van der Waals surface area contributed by atoms with E-state index in [4.69, 9.17) is 0 Å². The van der Waals surface area contributed by atoms with E-state index in [0.29, 0.717) is 12.1 Å². The minimum absolute atomic E-state index is 0.163. The van der Waals surface area contributed by atoms with Crippen LogP contribution in [0.4, 0.5) is 0 Å². The SMILES string of the molecule is CNC(=O)c1ccc(S(=O)(=O)NCC2(c3ccccc3)CCN(C)CC2)cc1. The molecule has 1 saturated heterocycles. The molecule has 1 amide bonds. The van der Waals surface area contributed by atoms with Crippen LogP contribution in [0.5, 0.6) is 0 Å². The van der Waals surface area contributed by atoms with Crippen LogP contribution in [-0.2, 0) is 15.4 Å². The minimum Gasteiger partial charge on any atom is -0.355 e. The average Bonchev–Trinajstić information content (AvgIpc) is 2.74. The summed E-state index contributed by atoms with van der Waals surface area (Å²) in [5.74, 6) is -0.244. The molecule has 6 nitrogen and oxygen atoms in total. The van der Waals surface area contributed by atoms with E-state index in [1.807, 2.05) is 18.2 Å². The molecule has 1 aliphatic heterocycles. The summed E-state index contributed by atoms with van der Waals surface area (Å²) in [5, 5.41) is 2.53. The highest BCUT2D eigenvalue weighted by Crippen LogP contribution is 2.35. The van der Waals surface area contributed by atoms with Crippen LogP contribution in [-0.4, -0.2) is 53.0 Å². The molecule has 1 aliphatic rings. The molecule has 0 radical (unpaired) electrons. The van der Waals surface area contributed by atoms with Gasteiger partial charge in [-0.05, 0) is 62.8 Å². The van der Waals surface area contributed by atoms with Gasteiger partial charge in [0.05, 0.1) is 4.90 Å². The van der Waals surface area contributed by atoms with Gasteiger partial charge in [-0.2, -0.15) is 0 Å². The van der Waals surface area contributed by atoms with E-state index < -0.39 is 10.0 Å². The third kappa shape index (κ3) is 4.43. The Morgan fingerprint density at radius 3 is 2.21 bits per heavy atom. The summed E-state index contributed by atoms with van der Waals surface area (Å²) in [6.45, 7) is 2.21. The van der Waals surface area contributed by atoms with E-state index in [1.165, 1.54) is 29.8 Å². The molecular weight excluding hydrogens is 374 g/mol. The van der Waals surface area contributed by atoms with Crippen molar-refractivity contribution >= 4 is 15.9 Å². The summed E-state index contributed by atoms with van der Waals surface area (Å²) >= 11 is 0. The fourth-order valence-corrected chi connectivity index (χ4v) is 4.78. The number of carbonyl (C=O) groups is 1. The summed E-state index contributed by atoms with van der Waals surface area (Å²) in [4.78, 5) is 14.1. The third-order valence-corrected chi connectivity index (χ3v) is 7.00. The maximum Gasteiger partial charge on any atom is 0.251 e. The monoisotopic (exact) mass is 401 g/mol. The molecule has 0 aliphatic carbocycles. The van der Waals surface area contributed by atoms with Crippen molar-refractivity contribution < 1.29 is 13.2 Å². The van der Waals surface area contributed by atoms with Crippen LogP contribution in [0.15, 0.2) is 59.5 Å². The van der Waals surface area contributed by atoms with Gasteiger partial charge < -0.3 is 10.2 Å². The highest BCUT2D eigenvalue weighted by Gasteiger charge is 2.36. The highest BCUT2D eigenvalue weighted by atomic mass is 32.2. The largest absolute Gasteiger partial charge is 0.355 e. The maximum atomic E-state index is 12.8. The maximum absolute atomic E-state index is 12.8. The number of likely N-dealkylation sites (tertiary alicyclic amines) is 1. The number of hydrogen-bond donors (Lipinski definition) is 2. The van der Waals surface area contributed by atoms with Crippen LogP contribution in [0.25, 0.3) is 0 Å². The second kappa shape index (κ2) is 8.43. The molecule has 2 aromatic rings. The molecule has 1 heterocycles. The molecule has 1 fully saturated rings. The first kappa shape index (κ1) is 20.5. The lowest BCUT2D eigenvalue weighted by Gasteiger charge is -2.41. The fourth-order valence-electron chi connectivity index (χ4n) is 3.65. The van der Waals surface area contributed by atoms with Gasteiger partial charge in [0.2, 0.25) is 10.0 Å². The molecule has 28 heavy (non-hydrogen) atoms. The first-order chi connectivity index (χ1) is 13.4. The Morgan fingerprint density at radius 2 is 1.64 bits per heavy atom. The van der Waals surface area contributed by atoms with Crippen molar-refractivity contribution in [3.8, 4) is 0 Å². The predicted molar refractivity (Wildman–Crippen MR) is 110 cm³/mol. The van der Waals surface area contributed by atoms with E-state index in [1.54, 1.807) is 7.05 Å². The number of rotatable bonds is 6. The summed E-state index contributed by atoms with van der Waals surface area (Å²) in [6.07, 6.45) is 1.79. The highest BCUT2D eigenvalue weighted by molar-refractivity contribution is 7.89. The second-order valence-electron chi connectivity index (χ2n) is 7.38. The van der Waals surface area contributed by atoms with E-state index >= 15 is 0 Å². The zero-order valence-electron chi connectivity index (χ0n) is 16.3. The van der Waals surface area contributed by atoms with E-state index in [0.717, 1.165) is 25.9 Å². The number of nitrogens with zero attached hydrogens (tertiary/aromatic N) is 1. The third-order valence-electron chi connectivity index (χ3n) is 5.58. The molecular formula is C21H27N3O3S. The van der Waals surface area contributed by atoms with Crippen molar-refractivity contribution in [1.82, 2.24) is 14.9 Å². The fraction of sp³-hybridized carbons (Fsp3) is 0.381. The number of hydrogen-bond acceptors (Lipinski definition) is 4. The molecule has 0 bridgehead atoms. The molecule has 0 unspecified atom stereocenters. The Bertz CT molecular complexity index is 904. The topological polar surface area (TPSA) is 78.5 Å². The Balaban J connectivity index is 1.80. The number of benzene rings is 2. The predicted octanol–water partition coefficient (Wildman–Crippen LogP) is 1.99. The van der Waals surface area contributed by atoms with Gasteiger partial charge in [-0.25, -0.2) is 13.1 Å². The summed E-state index contributed by atoms with van der Waals surface area (Å²) in [5.41, 5.74) is 1.38. The zero-order chi connectivity index (χ0) is 20.2. The summed E-state index contributed by atoms with van der Waals surface area (Å²) in [6, 6.07) is 16.1. The van der Waals surface area contributed by atoms with Crippen LogP contribution in [0, 0.1) is 0 Å². The Labute approximate surface area is 167 Å². The van der Waals surface area contributed by atoms with Crippen molar-refractivity contribution in [3.05, 3.63) is 65.7 Å². The van der Waals surface area contributed by atoms with Crippen molar-refractivity contribution in [2.45, 2.75) is 23.2 Å². The number of piperidine rings is 1. The number of carbonyl (C=O) groups excluding carboxylic acids is 1. The quantitative estimate of drug-likeness (QED) is 0.776. The van der Waals surface area contributed by atoms with Crippen molar-refractivity contribution in [1.29, 1.82) is 0 Å². The molecule has 0 saturated carbocycles. The van der Waals surface area contributed by atoms with Crippen LogP contribution in [0.3, 0.4) is 0 Å². The lowest BCUT2D eigenvalue weighted by Crippen LogP contribution is -2.48. The normalized spacial score (nSPS) is 17.2.